The molecule has 0 bridgehead atoms. The summed E-state index contributed by atoms with van der Waals surface area (Å²) in [6, 6.07) is 0. The molecule has 0 aromatic rings. The Morgan fingerprint density at radius 3 is 2.00 bits per heavy atom. The summed E-state index contributed by atoms with van der Waals surface area (Å²) in [6.45, 7) is 9.45. The maximum atomic E-state index is 5.95. The van der Waals surface area contributed by atoms with Crippen LogP contribution in [0.4, 0.5) is 0 Å². The second kappa shape index (κ2) is 19.0. The Morgan fingerprint density at radius 2 is 1.33 bits per heavy atom. The van der Waals surface area contributed by atoms with Crippen LogP contribution < -0.4 is 38.9 Å². The van der Waals surface area contributed by atoms with E-state index in [0.29, 0.717) is 19.6 Å². The van der Waals surface area contributed by atoms with Crippen molar-refractivity contribution in [1.82, 2.24) is 20.9 Å². The summed E-state index contributed by atoms with van der Waals surface area (Å²) in [5, 5.41) is 10.3. The van der Waals surface area contributed by atoms with E-state index in [4.69, 9.17) is 22.9 Å². The number of unbranched alkanes of at least 4 members (excludes halogenated alkanes) is 1. The molecule has 1 unspecified atom stereocenters. The number of hydrogen-bond donors (Lipinski definition) is 7. The first-order valence-electron chi connectivity index (χ1n) is 9.49. The summed E-state index contributed by atoms with van der Waals surface area (Å²) in [6.07, 6.45) is 4.61. The minimum atomic E-state index is 0.202. The Bertz CT molecular complexity index is 242. The summed E-state index contributed by atoms with van der Waals surface area (Å²) in [5.41, 5.74) is 22.6. The molecule has 0 aliphatic rings. The average Bonchev–Trinajstić information content (AvgIpc) is 2.60. The van der Waals surface area contributed by atoms with E-state index in [9.17, 15) is 0 Å². The highest BCUT2D eigenvalue weighted by molar-refractivity contribution is 4.72. The number of hydrogen-bond acceptors (Lipinski definition) is 8. The molecule has 0 amide bonds. The highest BCUT2D eigenvalue weighted by atomic mass is 15.3. The molecule has 146 valence electrons. The Labute approximate surface area is 148 Å². The predicted molar refractivity (Wildman–Crippen MR) is 104 cm³/mol. The number of nitrogens with two attached hydrogens (primary N) is 4. The van der Waals surface area contributed by atoms with Gasteiger partial charge in [0.1, 0.15) is 0 Å². The highest BCUT2D eigenvalue weighted by Gasteiger charge is 2.15. The summed E-state index contributed by atoms with van der Waals surface area (Å²) in [5.74, 6) is 0. The van der Waals surface area contributed by atoms with Gasteiger partial charge in [0.25, 0.3) is 0 Å². The monoisotopic (exact) mass is 346 g/mol. The van der Waals surface area contributed by atoms with E-state index in [0.717, 1.165) is 78.0 Å². The lowest BCUT2D eigenvalue weighted by molar-refractivity contribution is 0.170. The average molecular weight is 347 g/mol. The van der Waals surface area contributed by atoms with E-state index in [1.54, 1.807) is 0 Å². The second-order valence-electron chi connectivity index (χ2n) is 6.02. The van der Waals surface area contributed by atoms with Gasteiger partial charge in [-0.15, -0.1) is 0 Å². The topological polar surface area (TPSA) is 143 Å². The molecule has 0 aromatic heterocycles. The van der Waals surface area contributed by atoms with Crippen molar-refractivity contribution in [3.8, 4) is 0 Å². The van der Waals surface area contributed by atoms with Gasteiger partial charge in [0, 0.05) is 32.7 Å². The second-order valence-corrected chi connectivity index (χ2v) is 6.02. The van der Waals surface area contributed by atoms with Crippen molar-refractivity contribution in [1.29, 1.82) is 0 Å². The molecule has 24 heavy (non-hydrogen) atoms. The van der Waals surface area contributed by atoms with Crippen molar-refractivity contribution in [2.45, 2.75) is 31.8 Å². The molecule has 8 nitrogen and oxygen atoms in total. The Kier molecular flexibility index (Phi) is 18.8. The minimum absolute atomic E-state index is 0.202. The van der Waals surface area contributed by atoms with Gasteiger partial charge < -0.3 is 38.9 Å². The first-order chi connectivity index (χ1) is 11.8. The lowest BCUT2D eigenvalue weighted by Crippen LogP contribution is -2.52. The molecule has 0 saturated heterocycles. The zero-order valence-electron chi connectivity index (χ0n) is 15.4. The van der Waals surface area contributed by atoms with Crippen LogP contribution in [0.15, 0.2) is 0 Å². The molecule has 8 heteroatoms. The van der Waals surface area contributed by atoms with E-state index >= 15 is 0 Å². The SMILES string of the molecule is NCCCNCCCCN(CCN)C(CN)NCCCNCCN. The van der Waals surface area contributed by atoms with E-state index in [1.165, 1.54) is 0 Å². The highest BCUT2D eigenvalue weighted by Crippen LogP contribution is 1.99. The number of rotatable bonds is 19. The maximum absolute atomic E-state index is 5.95. The normalized spacial score (nSPS) is 12.9. The van der Waals surface area contributed by atoms with E-state index < -0.39 is 0 Å². The third-order valence-electron chi connectivity index (χ3n) is 3.92. The van der Waals surface area contributed by atoms with Crippen LogP contribution in [0, 0.1) is 0 Å². The predicted octanol–water partition coefficient (Wildman–Crippen LogP) is -2.22. The van der Waals surface area contributed by atoms with Crippen molar-refractivity contribution in [3.05, 3.63) is 0 Å². The van der Waals surface area contributed by atoms with Gasteiger partial charge in [0.2, 0.25) is 0 Å². The molecule has 0 aliphatic heterocycles. The quantitative estimate of drug-likeness (QED) is 0.103. The van der Waals surface area contributed by atoms with Crippen molar-refractivity contribution in [2.75, 3.05) is 72.0 Å². The van der Waals surface area contributed by atoms with Gasteiger partial charge in [0.15, 0.2) is 0 Å². The van der Waals surface area contributed by atoms with Crippen LogP contribution in [-0.4, -0.2) is 83.1 Å². The van der Waals surface area contributed by atoms with Gasteiger partial charge >= 0.3 is 0 Å². The summed E-state index contributed by atoms with van der Waals surface area (Å²) >= 11 is 0. The first kappa shape index (κ1) is 23.7. The molecule has 0 radical (unpaired) electrons. The van der Waals surface area contributed by atoms with Crippen LogP contribution in [0.3, 0.4) is 0 Å². The maximum Gasteiger partial charge on any atom is 0.0724 e. The van der Waals surface area contributed by atoms with Crippen LogP contribution in [0.2, 0.25) is 0 Å². The van der Waals surface area contributed by atoms with Gasteiger partial charge in [-0.2, -0.15) is 0 Å². The van der Waals surface area contributed by atoms with Crippen LogP contribution in [0.25, 0.3) is 0 Å². The standard InChI is InChI=1S/C16H42N8/c17-5-3-9-21-8-1-2-13-24(14-7-19)16(15-20)23-11-4-10-22-12-6-18/h16,21-23H,1-15,17-20H2. The van der Waals surface area contributed by atoms with E-state index in [1.807, 2.05) is 0 Å². The van der Waals surface area contributed by atoms with Crippen molar-refractivity contribution in [2.24, 2.45) is 22.9 Å². The molecule has 0 rings (SSSR count). The minimum Gasteiger partial charge on any atom is -0.330 e. The van der Waals surface area contributed by atoms with E-state index in [2.05, 4.69) is 20.9 Å². The van der Waals surface area contributed by atoms with Crippen molar-refractivity contribution < 1.29 is 0 Å². The van der Waals surface area contributed by atoms with Gasteiger partial charge in [-0.3, -0.25) is 4.90 Å². The zero-order valence-corrected chi connectivity index (χ0v) is 15.4. The van der Waals surface area contributed by atoms with Gasteiger partial charge in [-0.1, -0.05) is 0 Å². The molecule has 11 N–H and O–H groups in total. The lowest BCUT2D eigenvalue weighted by Gasteiger charge is -2.31. The fraction of sp³-hybridized carbons (Fsp3) is 1.00. The van der Waals surface area contributed by atoms with Crippen LogP contribution in [0.1, 0.15) is 25.7 Å². The van der Waals surface area contributed by atoms with E-state index in [-0.39, 0.29) is 6.17 Å². The zero-order chi connectivity index (χ0) is 17.9. The lowest BCUT2D eigenvalue weighted by atomic mass is 10.2. The fourth-order valence-electron chi connectivity index (χ4n) is 2.58. The van der Waals surface area contributed by atoms with Crippen LogP contribution >= 0.6 is 0 Å². The Morgan fingerprint density at radius 1 is 0.625 bits per heavy atom. The molecule has 1 atom stereocenters. The summed E-state index contributed by atoms with van der Waals surface area (Å²) in [7, 11) is 0. The molecule has 0 saturated carbocycles. The third-order valence-corrected chi connectivity index (χ3v) is 3.92. The molecule has 0 spiro atoms. The number of nitrogens with one attached hydrogen (secondary N) is 3. The van der Waals surface area contributed by atoms with Gasteiger partial charge in [-0.05, 0) is 65.0 Å². The molecule has 0 fully saturated rings. The first-order valence-corrected chi connectivity index (χ1v) is 9.49. The largest absolute Gasteiger partial charge is 0.330 e. The summed E-state index contributed by atoms with van der Waals surface area (Å²) < 4.78 is 0. The van der Waals surface area contributed by atoms with Crippen molar-refractivity contribution in [3.63, 3.8) is 0 Å². The molecular weight excluding hydrogens is 304 g/mol. The van der Waals surface area contributed by atoms with Gasteiger partial charge in [-0.25, -0.2) is 0 Å². The smallest absolute Gasteiger partial charge is 0.0724 e. The van der Waals surface area contributed by atoms with Gasteiger partial charge in [0.05, 0.1) is 6.17 Å². The van der Waals surface area contributed by atoms with Crippen molar-refractivity contribution >= 4 is 0 Å². The Balaban J connectivity index is 3.87. The number of nitrogens with zero attached hydrogens (tertiary/aromatic N) is 1. The molecule has 0 aromatic carbocycles. The van der Waals surface area contributed by atoms with Crippen LogP contribution in [-0.2, 0) is 0 Å². The molecular formula is C16H42N8. The molecule has 0 heterocycles. The summed E-state index contributed by atoms with van der Waals surface area (Å²) in [4.78, 5) is 2.37. The fourth-order valence-corrected chi connectivity index (χ4v) is 2.58. The molecule has 0 aliphatic carbocycles. The Hall–Kier alpha value is -0.320. The van der Waals surface area contributed by atoms with Crippen LogP contribution in [0.5, 0.6) is 0 Å². The third kappa shape index (κ3) is 14.1.